The number of nitriles is 2. The second-order valence-electron chi connectivity index (χ2n) is 11.8. The quantitative estimate of drug-likeness (QED) is 0.257. The Kier molecular flexibility index (Phi) is 7.96. The van der Waals surface area contributed by atoms with E-state index in [9.17, 15) is 10.5 Å². The van der Waals surface area contributed by atoms with Gasteiger partial charge in [-0.3, -0.25) is 4.99 Å². The summed E-state index contributed by atoms with van der Waals surface area (Å²) in [6.07, 6.45) is 5.21. The first-order valence-electron chi connectivity index (χ1n) is 12.5. The smallest absolute Gasteiger partial charge is 0.669 e. The van der Waals surface area contributed by atoms with Crippen molar-refractivity contribution in [2.75, 3.05) is 0 Å². The maximum atomic E-state index is 10.1. The van der Waals surface area contributed by atoms with E-state index in [-0.39, 0.29) is 31.3 Å². The van der Waals surface area contributed by atoms with Crippen LogP contribution in [0.1, 0.15) is 83.8 Å². The van der Waals surface area contributed by atoms with Crippen molar-refractivity contribution in [3.8, 4) is 12.1 Å². The van der Waals surface area contributed by atoms with Crippen molar-refractivity contribution in [1.82, 2.24) is 4.98 Å². The molecule has 1 atom stereocenters. The summed E-state index contributed by atoms with van der Waals surface area (Å²) in [6.45, 7) is 18.3. The molecule has 4 rings (SSSR count). The van der Waals surface area contributed by atoms with Gasteiger partial charge in [0.25, 0.3) is 0 Å². The average Bonchev–Trinajstić information content (AvgIpc) is 3.43. The number of aromatic nitrogens is 1. The van der Waals surface area contributed by atoms with Gasteiger partial charge in [-0.25, -0.2) is 4.99 Å². The normalized spacial score (nSPS) is 27.1. The molecule has 1 aromatic heterocycles. The van der Waals surface area contributed by atoms with Crippen LogP contribution < -0.4 is 4.98 Å². The summed E-state index contributed by atoms with van der Waals surface area (Å²) < 4.78 is 0. The SMILES string of the molecule is CC1=C(C)/C(=C/c2[n-]c(/C=C3N=C(/C(C#N)=C4/CC(C)(C)C(C)(C#N)[N-]4)CC\3(C)C)c(C)c2C)N=C1Cl.[Pd+2]. The number of hydrogen-bond donors (Lipinski definition) is 0. The third-order valence-corrected chi connectivity index (χ3v) is 8.71. The van der Waals surface area contributed by atoms with Crippen molar-refractivity contribution < 1.29 is 20.4 Å². The molecule has 0 spiro atoms. The van der Waals surface area contributed by atoms with Crippen LogP contribution in [0.25, 0.3) is 17.5 Å². The van der Waals surface area contributed by atoms with Crippen LogP contribution in [-0.2, 0) is 20.4 Å². The van der Waals surface area contributed by atoms with Gasteiger partial charge in [0, 0.05) is 23.6 Å². The van der Waals surface area contributed by atoms with E-state index < -0.39 is 5.54 Å². The fourth-order valence-corrected chi connectivity index (χ4v) is 5.10. The minimum Gasteiger partial charge on any atom is -0.669 e. The first-order chi connectivity index (χ1) is 17.1. The molecule has 0 bridgehead atoms. The molecule has 0 N–H and O–H groups in total. The molecule has 0 aliphatic carbocycles. The van der Waals surface area contributed by atoms with Crippen LogP contribution in [0.3, 0.4) is 0 Å². The van der Waals surface area contributed by atoms with Crippen LogP contribution in [0.2, 0.25) is 0 Å². The number of nitrogens with zero attached hydrogens (tertiary/aromatic N) is 6. The zero-order valence-electron chi connectivity index (χ0n) is 23.4. The Hall–Kier alpha value is -2.69. The van der Waals surface area contributed by atoms with Crippen molar-refractivity contribution in [1.29, 1.82) is 10.5 Å². The second kappa shape index (κ2) is 10.1. The van der Waals surface area contributed by atoms with Gasteiger partial charge in [0.15, 0.2) is 0 Å². The summed E-state index contributed by atoms with van der Waals surface area (Å²) in [4.78, 5) is 14.3. The van der Waals surface area contributed by atoms with Gasteiger partial charge in [0.2, 0.25) is 0 Å². The Morgan fingerprint density at radius 2 is 1.53 bits per heavy atom. The Morgan fingerprint density at radius 1 is 0.921 bits per heavy atom. The standard InChI is InChI=1S/C30H33ClN6.Pd/c1-16-17(2)23(34-21(16)10-22-18(3)19(4)27(31)36-22)11-26-28(5,6)12-24(35-26)20(14-32)25-13-29(7,8)30(9,15-33)37-25;/h10-11H,12-13H2,1-9H3;/q-2;+2/b22-10-,25-20-,26-11-;. The molecule has 8 heteroatoms. The molecule has 1 unspecified atom stereocenters. The van der Waals surface area contributed by atoms with Gasteiger partial charge in [0.1, 0.15) is 5.17 Å². The van der Waals surface area contributed by atoms with Crippen LogP contribution in [-0.4, -0.2) is 16.4 Å². The Labute approximate surface area is 245 Å². The average molecular weight is 620 g/mol. The largest absolute Gasteiger partial charge is 2.00 e. The van der Waals surface area contributed by atoms with E-state index in [0.717, 1.165) is 50.8 Å². The van der Waals surface area contributed by atoms with Crippen molar-refractivity contribution in [3.63, 3.8) is 0 Å². The zero-order chi connectivity index (χ0) is 27.5. The molecule has 4 heterocycles. The molecule has 1 fully saturated rings. The van der Waals surface area contributed by atoms with E-state index in [1.54, 1.807) is 0 Å². The maximum absolute atomic E-state index is 10.1. The predicted octanol–water partition coefficient (Wildman–Crippen LogP) is 7.66. The van der Waals surface area contributed by atoms with Crippen LogP contribution >= 0.6 is 11.6 Å². The van der Waals surface area contributed by atoms with E-state index in [0.29, 0.717) is 29.3 Å². The topological polar surface area (TPSA) is 100 Å². The molecule has 0 saturated carbocycles. The summed E-state index contributed by atoms with van der Waals surface area (Å²) >= 11 is 6.23. The van der Waals surface area contributed by atoms with Gasteiger partial charge in [-0.2, -0.15) is 10.5 Å². The van der Waals surface area contributed by atoms with Crippen molar-refractivity contribution in [2.24, 2.45) is 20.8 Å². The first kappa shape index (κ1) is 29.9. The fraction of sp³-hybridized carbons (Fsp3) is 0.467. The van der Waals surface area contributed by atoms with E-state index in [4.69, 9.17) is 26.9 Å². The summed E-state index contributed by atoms with van der Waals surface area (Å²) in [5.74, 6) is 0. The number of halogens is 1. The van der Waals surface area contributed by atoms with Crippen molar-refractivity contribution in [3.05, 3.63) is 61.6 Å². The zero-order valence-corrected chi connectivity index (χ0v) is 25.8. The van der Waals surface area contributed by atoms with Gasteiger partial charge in [-0.1, -0.05) is 69.5 Å². The summed E-state index contributed by atoms with van der Waals surface area (Å²) in [5.41, 5.74) is 8.05. The molecule has 0 radical (unpaired) electrons. The monoisotopic (exact) mass is 618 g/mol. The minimum absolute atomic E-state index is 0. The van der Waals surface area contributed by atoms with Gasteiger partial charge < -0.3 is 10.3 Å². The molecule has 3 aliphatic heterocycles. The van der Waals surface area contributed by atoms with Gasteiger partial charge >= 0.3 is 20.4 Å². The Morgan fingerprint density at radius 3 is 2.03 bits per heavy atom. The summed E-state index contributed by atoms with van der Waals surface area (Å²) in [6, 6.07) is 4.69. The van der Waals surface area contributed by atoms with Gasteiger partial charge in [-0.05, 0) is 56.2 Å². The fourth-order valence-electron chi connectivity index (χ4n) is 4.87. The van der Waals surface area contributed by atoms with Crippen LogP contribution in [0.4, 0.5) is 0 Å². The number of rotatable bonds is 3. The third-order valence-electron chi connectivity index (χ3n) is 8.34. The molecule has 0 aromatic carbocycles. The summed E-state index contributed by atoms with van der Waals surface area (Å²) in [5, 5.41) is 25.1. The number of hydrogen-bond acceptors (Lipinski definition) is 4. The first-order valence-corrected chi connectivity index (χ1v) is 12.9. The van der Waals surface area contributed by atoms with Crippen molar-refractivity contribution >= 4 is 34.6 Å². The summed E-state index contributed by atoms with van der Waals surface area (Å²) in [7, 11) is 0. The molecule has 0 amide bonds. The Balaban J connectivity index is 0.00000400. The van der Waals surface area contributed by atoms with E-state index in [1.165, 1.54) is 0 Å². The molecular formula is C30H33ClN6Pd. The molecular weight excluding hydrogens is 586 g/mol. The maximum Gasteiger partial charge on any atom is 2.00 e. The Bertz CT molecular complexity index is 1480. The van der Waals surface area contributed by atoms with Crippen LogP contribution in [0, 0.1) is 47.3 Å². The van der Waals surface area contributed by atoms with Gasteiger partial charge in [-0.15, -0.1) is 17.1 Å². The second-order valence-corrected chi connectivity index (χ2v) is 12.1. The molecule has 1 saturated heterocycles. The van der Waals surface area contributed by atoms with E-state index >= 15 is 0 Å². The molecule has 1 aromatic rings. The number of allylic oxidation sites excluding steroid dienone is 5. The van der Waals surface area contributed by atoms with E-state index in [1.807, 2.05) is 46.8 Å². The molecule has 200 valence electrons. The molecule has 6 nitrogen and oxygen atoms in total. The van der Waals surface area contributed by atoms with Crippen LogP contribution in [0.15, 0.2) is 43.8 Å². The molecule has 3 aliphatic rings. The van der Waals surface area contributed by atoms with Crippen LogP contribution in [0.5, 0.6) is 0 Å². The predicted molar refractivity (Wildman–Crippen MR) is 151 cm³/mol. The third kappa shape index (κ3) is 4.89. The molecule has 38 heavy (non-hydrogen) atoms. The van der Waals surface area contributed by atoms with Gasteiger partial charge in [0.05, 0.1) is 23.1 Å². The van der Waals surface area contributed by atoms with E-state index in [2.05, 4.69) is 44.8 Å². The minimum atomic E-state index is -0.865. The van der Waals surface area contributed by atoms with Crippen molar-refractivity contribution in [2.45, 2.75) is 80.7 Å². The number of aliphatic imine (C=N–C) groups is 2.